The first-order valence-electron chi connectivity index (χ1n) is 6.14. The number of likely N-dealkylation sites (tertiary alicyclic amines) is 1. The number of carbonyl (C=O) groups is 2. The molecule has 0 spiro atoms. The minimum atomic E-state index is -0.494. The molecule has 4 nitrogen and oxygen atoms in total. The van der Waals surface area contributed by atoms with Gasteiger partial charge in [-0.2, -0.15) is 0 Å². The second-order valence-electron chi connectivity index (χ2n) is 4.86. The van der Waals surface area contributed by atoms with Crippen molar-refractivity contribution in [2.45, 2.75) is 31.3 Å². The third-order valence-corrected chi connectivity index (χ3v) is 4.16. The highest BCUT2D eigenvalue weighted by Gasteiger charge is 2.46. The average molecular weight is 344 g/mol. The second kappa shape index (κ2) is 4.80. The smallest absolute Gasteiger partial charge is 0.252 e. The Hall–Kier alpha value is -1.07. The molecule has 1 aromatic carbocycles. The highest BCUT2D eigenvalue weighted by atomic mass is 79.9. The van der Waals surface area contributed by atoms with Gasteiger partial charge < -0.3 is 5.32 Å². The molecule has 1 aliphatic heterocycles. The fourth-order valence-electron chi connectivity index (χ4n) is 2.27. The number of carbonyl (C=O) groups excluding carboxylic acids is 2. The van der Waals surface area contributed by atoms with E-state index in [-0.39, 0.29) is 24.3 Å². The van der Waals surface area contributed by atoms with Gasteiger partial charge in [0.05, 0.1) is 17.1 Å². The Morgan fingerprint density at radius 3 is 2.68 bits per heavy atom. The summed E-state index contributed by atoms with van der Waals surface area (Å²) in [5, 5.41) is 3.59. The Labute approximate surface area is 124 Å². The molecule has 0 radical (unpaired) electrons. The van der Waals surface area contributed by atoms with E-state index in [9.17, 15) is 9.59 Å². The van der Waals surface area contributed by atoms with Crippen LogP contribution in [0.5, 0.6) is 0 Å². The minimum Gasteiger partial charge on any atom is -0.372 e. The number of imide groups is 1. The quantitative estimate of drug-likeness (QED) is 0.859. The van der Waals surface area contributed by atoms with Gasteiger partial charge in [0.15, 0.2) is 0 Å². The Balaban J connectivity index is 1.76. The maximum atomic E-state index is 12.2. The third kappa shape index (κ3) is 2.49. The summed E-state index contributed by atoms with van der Waals surface area (Å²) in [5.74, 6) is -0.218. The normalized spacial score (nSPS) is 23.1. The van der Waals surface area contributed by atoms with Crippen molar-refractivity contribution in [3.8, 4) is 0 Å². The zero-order valence-electron chi connectivity index (χ0n) is 10.0. The molecule has 1 aromatic rings. The van der Waals surface area contributed by atoms with Gasteiger partial charge in [0.1, 0.15) is 6.04 Å². The van der Waals surface area contributed by atoms with Crippen LogP contribution in [0.25, 0.3) is 0 Å². The van der Waals surface area contributed by atoms with E-state index in [1.54, 1.807) is 12.1 Å². The third-order valence-electron chi connectivity index (χ3n) is 3.36. The van der Waals surface area contributed by atoms with Crippen molar-refractivity contribution in [2.75, 3.05) is 5.32 Å². The van der Waals surface area contributed by atoms with Gasteiger partial charge in [0.2, 0.25) is 5.91 Å². The summed E-state index contributed by atoms with van der Waals surface area (Å²) in [6.07, 6.45) is 2.08. The summed E-state index contributed by atoms with van der Waals surface area (Å²) in [6, 6.07) is 5.03. The van der Waals surface area contributed by atoms with Crippen LogP contribution in [0.1, 0.15) is 19.3 Å². The zero-order valence-corrected chi connectivity index (χ0v) is 12.4. The molecular weight excluding hydrogens is 332 g/mol. The zero-order chi connectivity index (χ0) is 13.6. The van der Waals surface area contributed by atoms with Crippen LogP contribution >= 0.6 is 27.5 Å². The molecule has 1 saturated carbocycles. The predicted molar refractivity (Wildman–Crippen MR) is 76.1 cm³/mol. The number of rotatable bonds is 3. The SMILES string of the molecule is O=C1CC(Nc2ccc(Br)cc2Cl)C(=O)N1C1CC1. The van der Waals surface area contributed by atoms with Gasteiger partial charge in [0.25, 0.3) is 5.91 Å². The van der Waals surface area contributed by atoms with Gasteiger partial charge in [-0.1, -0.05) is 27.5 Å². The number of amides is 2. The fraction of sp³-hybridized carbons (Fsp3) is 0.385. The summed E-state index contributed by atoms with van der Waals surface area (Å²) in [4.78, 5) is 25.4. The predicted octanol–water partition coefficient (Wildman–Crippen LogP) is 2.80. The second-order valence-corrected chi connectivity index (χ2v) is 6.18. The topological polar surface area (TPSA) is 49.4 Å². The number of nitrogens with zero attached hydrogens (tertiary/aromatic N) is 1. The maximum absolute atomic E-state index is 12.2. The lowest BCUT2D eigenvalue weighted by Crippen LogP contribution is -2.36. The van der Waals surface area contributed by atoms with Crippen LogP contribution < -0.4 is 5.32 Å². The molecule has 1 N–H and O–H groups in total. The molecule has 100 valence electrons. The van der Waals surface area contributed by atoms with E-state index in [1.165, 1.54) is 4.90 Å². The van der Waals surface area contributed by atoms with E-state index >= 15 is 0 Å². The standard InChI is InChI=1S/C13H12BrClN2O2/c14-7-1-4-10(9(15)5-7)16-11-6-12(18)17(13(11)19)8-2-3-8/h1,4-5,8,11,16H,2-3,6H2. The van der Waals surface area contributed by atoms with E-state index in [2.05, 4.69) is 21.2 Å². The lowest BCUT2D eigenvalue weighted by atomic mass is 10.2. The van der Waals surface area contributed by atoms with Crippen molar-refractivity contribution in [1.82, 2.24) is 4.90 Å². The first-order valence-corrected chi connectivity index (χ1v) is 7.31. The lowest BCUT2D eigenvalue weighted by Gasteiger charge is -2.16. The van der Waals surface area contributed by atoms with Crippen molar-refractivity contribution in [3.05, 3.63) is 27.7 Å². The molecule has 2 amide bonds. The summed E-state index contributed by atoms with van der Waals surface area (Å²) >= 11 is 9.43. The maximum Gasteiger partial charge on any atom is 0.252 e. The Kier molecular flexibility index (Phi) is 3.27. The molecule has 1 saturated heterocycles. The number of hydrogen-bond acceptors (Lipinski definition) is 3. The number of benzene rings is 1. The molecule has 3 rings (SSSR count). The van der Waals surface area contributed by atoms with Crippen molar-refractivity contribution < 1.29 is 9.59 Å². The van der Waals surface area contributed by atoms with Gasteiger partial charge in [-0.3, -0.25) is 14.5 Å². The van der Waals surface area contributed by atoms with E-state index < -0.39 is 6.04 Å². The van der Waals surface area contributed by atoms with E-state index in [1.807, 2.05) is 6.07 Å². The first-order chi connectivity index (χ1) is 9.06. The van der Waals surface area contributed by atoms with Crippen molar-refractivity contribution in [3.63, 3.8) is 0 Å². The largest absolute Gasteiger partial charge is 0.372 e. The average Bonchev–Trinajstić information content (AvgIpc) is 3.12. The van der Waals surface area contributed by atoms with Gasteiger partial charge in [-0.15, -0.1) is 0 Å². The molecule has 2 aliphatic rings. The van der Waals surface area contributed by atoms with Crippen molar-refractivity contribution >= 4 is 45.0 Å². The Morgan fingerprint density at radius 2 is 2.05 bits per heavy atom. The highest BCUT2D eigenvalue weighted by molar-refractivity contribution is 9.10. The molecule has 0 bridgehead atoms. The summed E-state index contributed by atoms with van der Waals surface area (Å²) in [5.41, 5.74) is 0.675. The van der Waals surface area contributed by atoms with Gasteiger partial charge in [0, 0.05) is 10.5 Å². The van der Waals surface area contributed by atoms with Crippen LogP contribution in [-0.2, 0) is 9.59 Å². The molecule has 1 atom stereocenters. The fourth-order valence-corrected chi connectivity index (χ4v) is 3.00. The molecule has 1 heterocycles. The minimum absolute atomic E-state index is 0.0850. The molecule has 6 heteroatoms. The van der Waals surface area contributed by atoms with Crippen molar-refractivity contribution in [1.29, 1.82) is 0 Å². The van der Waals surface area contributed by atoms with E-state index in [4.69, 9.17) is 11.6 Å². The van der Waals surface area contributed by atoms with Crippen LogP contribution in [-0.4, -0.2) is 28.8 Å². The highest BCUT2D eigenvalue weighted by Crippen LogP contribution is 2.33. The van der Waals surface area contributed by atoms with Crippen LogP contribution in [0.4, 0.5) is 5.69 Å². The Bertz CT molecular complexity index is 560. The van der Waals surface area contributed by atoms with Crippen LogP contribution in [0.3, 0.4) is 0 Å². The lowest BCUT2D eigenvalue weighted by molar-refractivity contribution is -0.139. The monoisotopic (exact) mass is 342 g/mol. The van der Waals surface area contributed by atoms with Gasteiger partial charge >= 0.3 is 0 Å². The molecule has 1 unspecified atom stereocenters. The summed E-state index contributed by atoms with van der Waals surface area (Å²) in [7, 11) is 0. The molecule has 19 heavy (non-hydrogen) atoms. The van der Waals surface area contributed by atoms with Crippen LogP contribution in [0.15, 0.2) is 22.7 Å². The van der Waals surface area contributed by atoms with Crippen LogP contribution in [0, 0.1) is 0 Å². The molecule has 2 fully saturated rings. The van der Waals surface area contributed by atoms with Crippen LogP contribution in [0.2, 0.25) is 5.02 Å². The van der Waals surface area contributed by atoms with Crippen molar-refractivity contribution in [2.24, 2.45) is 0 Å². The van der Waals surface area contributed by atoms with E-state index in [0.717, 1.165) is 17.3 Å². The number of halogens is 2. The number of hydrogen-bond donors (Lipinski definition) is 1. The van der Waals surface area contributed by atoms with Gasteiger partial charge in [-0.25, -0.2) is 0 Å². The summed E-state index contributed by atoms with van der Waals surface area (Å²) < 4.78 is 0.872. The molecule has 0 aromatic heterocycles. The number of nitrogens with one attached hydrogen (secondary N) is 1. The van der Waals surface area contributed by atoms with Gasteiger partial charge in [-0.05, 0) is 31.0 Å². The summed E-state index contributed by atoms with van der Waals surface area (Å²) in [6.45, 7) is 0. The Morgan fingerprint density at radius 1 is 1.32 bits per heavy atom. The van der Waals surface area contributed by atoms with E-state index in [0.29, 0.717) is 10.7 Å². The molecule has 1 aliphatic carbocycles. The number of anilines is 1. The molecular formula is C13H12BrClN2O2. The first kappa shape index (κ1) is 12.9.